The summed E-state index contributed by atoms with van der Waals surface area (Å²) in [4.78, 5) is 0. The fraction of sp³-hybridized carbons (Fsp3) is 0.0588. The van der Waals surface area contributed by atoms with Crippen LogP contribution < -0.4 is 5.19 Å². The molecule has 0 bridgehead atoms. The number of aryl methyl sites for hydroxylation is 1. The van der Waals surface area contributed by atoms with Crippen LogP contribution in [0, 0.1) is 0 Å². The molecule has 0 aliphatic heterocycles. The summed E-state index contributed by atoms with van der Waals surface area (Å²) in [5.74, 6) is 2.03. The highest BCUT2D eigenvalue weighted by Gasteiger charge is 2.26. The number of aromatic nitrogens is 4. The van der Waals surface area contributed by atoms with Crippen molar-refractivity contribution in [3.63, 3.8) is 0 Å². The van der Waals surface area contributed by atoms with Crippen LogP contribution in [0.2, 0.25) is 12.6 Å². The molecule has 0 saturated carbocycles. The molecule has 7 aromatic carbocycles. The summed E-state index contributed by atoms with van der Waals surface area (Å²) in [6.45, 7) is 2.44. The van der Waals surface area contributed by atoms with Crippen LogP contribution in [0.3, 0.4) is 0 Å². The van der Waals surface area contributed by atoms with Gasteiger partial charge in [0, 0.05) is 22.3 Å². The summed E-state index contributed by atoms with van der Waals surface area (Å²) >= 11 is 0. The Bertz CT molecular complexity index is 2750. The lowest BCUT2D eigenvalue weighted by Crippen LogP contribution is -2.43. The first-order valence-electron chi connectivity index (χ1n) is 19.5. The van der Waals surface area contributed by atoms with Gasteiger partial charge in [-0.3, -0.25) is 0 Å². The van der Waals surface area contributed by atoms with Crippen molar-refractivity contribution in [2.24, 2.45) is 0 Å². The van der Waals surface area contributed by atoms with Crippen molar-refractivity contribution in [3.05, 3.63) is 205 Å². The lowest BCUT2D eigenvalue weighted by atomic mass is 10.0. The Hall–Kier alpha value is -7.22. The molecule has 0 saturated heterocycles. The fourth-order valence-corrected chi connectivity index (χ4v) is 10.1. The van der Waals surface area contributed by atoms with E-state index < -0.39 is 8.07 Å². The summed E-state index contributed by atoms with van der Waals surface area (Å²) in [5.41, 5.74) is 13.1. The lowest BCUT2D eigenvalue weighted by Gasteiger charge is -2.25. The Morgan fingerprint density at radius 1 is 0.397 bits per heavy atom. The second-order valence-electron chi connectivity index (χ2n) is 14.6. The number of rotatable bonds is 12. The molecule has 280 valence electrons. The molecule has 2 aromatic heterocycles. The molecule has 0 amide bonds. The molecule has 0 aliphatic carbocycles. The van der Waals surface area contributed by atoms with Crippen LogP contribution in [0.15, 0.2) is 203 Å². The van der Waals surface area contributed by atoms with Gasteiger partial charge < -0.3 is 8.83 Å². The van der Waals surface area contributed by atoms with E-state index >= 15 is 0 Å². The van der Waals surface area contributed by atoms with Gasteiger partial charge in [-0.05, 0) is 94.4 Å². The monoisotopic (exact) mass is 768 g/mol. The van der Waals surface area contributed by atoms with Gasteiger partial charge in [0.25, 0.3) is 0 Å². The van der Waals surface area contributed by atoms with E-state index in [9.17, 15) is 0 Å². The second-order valence-corrected chi connectivity index (χ2v) is 18.9. The molecule has 9 rings (SSSR count). The highest BCUT2D eigenvalue weighted by atomic mass is 28.3. The van der Waals surface area contributed by atoms with Crippen molar-refractivity contribution in [3.8, 4) is 68.1 Å². The molecule has 1 unspecified atom stereocenters. The van der Waals surface area contributed by atoms with Crippen LogP contribution in [-0.2, 0) is 6.42 Å². The van der Waals surface area contributed by atoms with Gasteiger partial charge in [0.1, 0.15) is 8.07 Å². The first-order valence-corrected chi connectivity index (χ1v) is 22.3. The van der Waals surface area contributed by atoms with E-state index in [1.165, 1.54) is 21.9 Å². The molecule has 0 N–H and O–H groups in total. The second kappa shape index (κ2) is 16.5. The van der Waals surface area contributed by atoms with Crippen LogP contribution in [0.5, 0.6) is 0 Å². The van der Waals surface area contributed by atoms with Gasteiger partial charge in [-0.2, -0.15) is 0 Å². The highest BCUT2D eigenvalue weighted by Crippen LogP contribution is 2.29. The summed E-state index contributed by atoms with van der Waals surface area (Å²) in [7, 11) is -2.03. The predicted molar refractivity (Wildman–Crippen MR) is 236 cm³/mol. The first-order chi connectivity index (χ1) is 28.6. The van der Waals surface area contributed by atoms with E-state index in [1.54, 1.807) is 0 Å². The van der Waals surface area contributed by atoms with Gasteiger partial charge >= 0.3 is 0 Å². The van der Waals surface area contributed by atoms with Crippen molar-refractivity contribution in [2.75, 3.05) is 0 Å². The first kappa shape index (κ1) is 36.4. The number of hydrogen-bond acceptors (Lipinski definition) is 6. The van der Waals surface area contributed by atoms with E-state index in [0.29, 0.717) is 23.6 Å². The maximum Gasteiger partial charge on any atom is 0.248 e. The van der Waals surface area contributed by atoms with Crippen LogP contribution in [0.1, 0.15) is 11.1 Å². The van der Waals surface area contributed by atoms with Gasteiger partial charge in [-0.15, -0.1) is 20.4 Å². The molecule has 7 heteroatoms. The topological polar surface area (TPSA) is 77.8 Å². The number of nitrogens with zero attached hydrogens (tertiary/aromatic N) is 4. The Balaban J connectivity index is 0.854. The largest absolute Gasteiger partial charge is 0.416 e. The summed E-state index contributed by atoms with van der Waals surface area (Å²) < 4.78 is 12.2. The molecule has 58 heavy (non-hydrogen) atoms. The van der Waals surface area contributed by atoms with Crippen LogP contribution in [-0.4, -0.2) is 28.5 Å². The third-order valence-electron chi connectivity index (χ3n) is 10.7. The summed E-state index contributed by atoms with van der Waals surface area (Å²) in [5, 5.41) is 18.8. The SMILES string of the molecule is C[Si](C=Cc1ccc(-c2nnc(-c3ccc(-c4ccccc4)cc3)o2)cc1)(CCc1ccc(-c2nnc(-c3ccc(-c4ccccc4)cc3)o2)cc1)c1ccccc1. The van der Waals surface area contributed by atoms with Crippen LogP contribution in [0.4, 0.5) is 0 Å². The number of benzene rings is 7. The van der Waals surface area contributed by atoms with E-state index in [-0.39, 0.29) is 0 Å². The van der Waals surface area contributed by atoms with Crippen molar-refractivity contribution in [1.82, 2.24) is 20.4 Å². The standard InChI is InChI=1S/C51H40N4O2Si/c1-58(47-15-9-4-10-16-47,35-33-37-17-21-43(22-18-37)48-52-54-50(56-48)45-29-25-41(26-30-45)39-11-5-2-6-12-39)36-34-38-19-23-44(24-20-38)49-53-55-51(57-49)46-31-27-42(28-32-46)40-13-7-3-8-14-40/h2-33,35H,34,36H2,1H3. The minimum Gasteiger partial charge on any atom is -0.416 e. The smallest absolute Gasteiger partial charge is 0.248 e. The highest BCUT2D eigenvalue weighted by molar-refractivity contribution is 6.95. The van der Waals surface area contributed by atoms with Crippen LogP contribution in [0.25, 0.3) is 74.1 Å². The van der Waals surface area contributed by atoms with Gasteiger partial charge in [0.2, 0.25) is 23.6 Å². The van der Waals surface area contributed by atoms with Crippen molar-refractivity contribution >= 4 is 19.3 Å². The third kappa shape index (κ3) is 8.16. The average molecular weight is 769 g/mol. The minimum absolute atomic E-state index is 0.500. The average Bonchev–Trinajstić information content (AvgIpc) is 4.01. The molecule has 0 radical (unpaired) electrons. The molecule has 0 fully saturated rings. The molecule has 2 heterocycles. The van der Waals surface area contributed by atoms with E-state index in [4.69, 9.17) is 8.83 Å². The molecule has 0 aliphatic rings. The van der Waals surface area contributed by atoms with Crippen molar-refractivity contribution < 1.29 is 8.83 Å². The fourth-order valence-electron chi connectivity index (χ4n) is 7.16. The van der Waals surface area contributed by atoms with E-state index in [2.05, 4.69) is 154 Å². The summed E-state index contributed by atoms with van der Waals surface area (Å²) in [6.07, 6.45) is 3.22. The van der Waals surface area contributed by atoms with E-state index in [0.717, 1.165) is 51.4 Å². The Morgan fingerprint density at radius 3 is 1.17 bits per heavy atom. The Morgan fingerprint density at radius 2 is 0.741 bits per heavy atom. The van der Waals surface area contributed by atoms with Crippen molar-refractivity contribution in [1.29, 1.82) is 0 Å². The Labute approximate surface area is 339 Å². The molecule has 6 nitrogen and oxygen atoms in total. The maximum absolute atomic E-state index is 6.12. The zero-order chi connectivity index (χ0) is 39.2. The predicted octanol–water partition coefficient (Wildman–Crippen LogP) is 12.2. The summed E-state index contributed by atoms with van der Waals surface area (Å²) in [6, 6.07) is 65.9. The zero-order valence-electron chi connectivity index (χ0n) is 32.1. The molecule has 1 atom stereocenters. The normalized spacial score (nSPS) is 12.4. The zero-order valence-corrected chi connectivity index (χ0v) is 33.1. The maximum atomic E-state index is 6.12. The minimum atomic E-state index is -2.03. The van der Waals surface area contributed by atoms with Gasteiger partial charge in [-0.25, -0.2) is 0 Å². The van der Waals surface area contributed by atoms with E-state index in [1.807, 2.05) is 72.8 Å². The third-order valence-corrected chi connectivity index (χ3v) is 14.5. The molecule has 9 aromatic rings. The molecular weight excluding hydrogens is 729 g/mol. The van der Waals surface area contributed by atoms with Gasteiger partial charge in [-0.1, -0.05) is 163 Å². The van der Waals surface area contributed by atoms with Crippen molar-refractivity contribution in [2.45, 2.75) is 19.0 Å². The quantitative estimate of drug-likeness (QED) is 0.115. The molecular formula is C51H40N4O2Si. The molecule has 0 spiro atoms. The van der Waals surface area contributed by atoms with Gasteiger partial charge in [0.05, 0.1) is 0 Å². The van der Waals surface area contributed by atoms with Gasteiger partial charge in [0.15, 0.2) is 0 Å². The number of hydrogen-bond donors (Lipinski definition) is 0. The van der Waals surface area contributed by atoms with Crippen LogP contribution >= 0.6 is 0 Å². The Kier molecular flexibility index (Phi) is 10.3. The lowest BCUT2D eigenvalue weighted by molar-refractivity contribution is 0.584.